The normalized spacial score (nSPS) is 28.3. The lowest BCUT2D eigenvalue weighted by Crippen LogP contribution is -2.66. The second-order valence-electron chi connectivity index (χ2n) is 6.30. The van der Waals surface area contributed by atoms with Crippen LogP contribution < -0.4 is 11.1 Å². The van der Waals surface area contributed by atoms with Crippen molar-refractivity contribution >= 4 is 5.91 Å². The molecule has 2 aliphatic rings. The van der Waals surface area contributed by atoms with Crippen molar-refractivity contribution in [2.75, 3.05) is 26.3 Å². The molecule has 0 aromatic heterocycles. The Morgan fingerprint density at radius 1 is 1.53 bits per heavy atom. The van der Waals surface area contributed by atoms with Gasteiger partial charge in [0.15, 0.2) is 0 Å². The maximum Gasteiger partial charge on any atom is 0.239 e. The van der Waals surface area contributed by atoms with E-state index in [9.17, 15) is 4.79 Å². The first-order valence-electron chi connectivity index (χ1n) is 7.35. The predicted molar refractivity (Wildman–Crippen MR) is 74.8 cm³/mol. The van der Waals surface area contributed by atoms with E-state index in [2.05, 4.69) is 31.0 Å². The second kappa shape index (κ2) is 5.77. The fourth-order valence-corrected chi connectivity index (χ4v) is 3.05. The maximum absolute atomic E-state index is 12.1. The highest BCUT2D eigenvalue weighted by molar-refractivity contribution is 5.86. The monoisotopic (exact) mass is 269 g/mol. The van der Waals surface area contributed by atoms with Crippen molar-refractivity contribution in [1.29, 1.82) is 0 Å². The maximum atomic E-state index is 12.1. The highest BCUT2D eigenvalue weighted by Gasteiger charge is 2.51. The van der Waals surface area contributed by atoms with Crippen LogP contribution >= 0.6 is 0 Å². The summed E-state index contributed by atoms with van der Waals surface area (Å²) >= 11 is 0. The van der Waals surface area contributed by atoms with Gasteiger partial charge in [-0.3, -0.25) is 15.0 Å². The number of nitrogens with zero attached hydrogens (tertiary/aromatic N) is 1. The van der Waals surface area contributed by atoms with Crippen LogP contribution in [0, 0.1) is 5.92 Å². The van der Waals surface area contributed by atoms with Gasteiger partial charge in [0.2, 0.25) is 5.91 Å². The fourth-order valence-electron chi connectivity index (χ4n) is 3.05. The molecule has 0 aromatic carbocycles. The third-order valence-corrected chi connectivity index (χ3v) is 4.22. The molecule has 1 saturated heterocycles. The number of morpholine rings is 1. The van der Waals surface area contributed by atoms with Crippen LogP contribution in [0.25, 0.3) is 0 Å². The van der Waals surface area contributed by atoms with Crippen LogP contribution in [0.5, 0.6) is 0 Å². The Morgan fingerprint density at radius 2 is 2.21 bits per heavy atom. The van der Waals surface area contributed by atoms with Crippen molar-refractivity contribution in [3.63, 3.8) is 0 Å². The molecule has 0 aromatic rings. The minimum Gasteiger partial charge on any atom is -0.379 e. The number of hydrogen-bond donors (Lipinski definition) is 2. The number of primary amides is 1. The lowest BCUT2D eigenvalue weighted by molar-refractivity contribution is -0.128. The Hall–Kier alpha value is -0.650. The molecule has 1 heterocycles. The van der Waals surface area contributed by atoms with Gasteiger partial charge in [0.1, 0.15) is 5.54 Å². The van der Waals surface area contributed by atoms with Crippen LogP contribution in [0.15, 0.2) is 0 Å². The topological polar surface area (TPSA) is 67.6 Å². The van der Waals surface area contributed by atoms with Crippen molar-refractivity contribution in [3.8, 4) is 0 Å². The standard InChI is InChI=1S/C14H27N3O2/c1-10(2)16-14(13(15)18,12-4-5-12)9-17-6-7-19-8-11(17)3/h10-12,16H,4-9H2,1-3H3,(H2,15,18). The van der Waals surface area contributed by atoms with Gasteiger partial charge in [-0.05, 0) is 39.5 Å². The first-order valence-corrected chi connectivity index (χ1v) is 7.35. The summed E-state index contributed by atoms with van der Waals surface area (Å²) in [6.45, 7) is 9.35. The van der Waals surface area contributed by atoms with E-state index in [1.165, 1.54) is 0 Å². The average molecular weight is 269 g/mol. The molecule has 2 unspecified atom stereocenters. The molecule has 0 spiro atoms. The van der Waals surface area contributed by atoms with Crippen LogP contribution in [0.4, 0.5) is 0 Å². The van der Waals surface area contributed by atoms with Crippen molar-refractivity contribution in [3.05, 3.63) is 0 Å². The minimum absolute atomic E-state index is 0.206. The van der Waals surface area contributed by atoms with E-state index in [4.69, 9.17) is 10.5 Å². The summed E-state index contributed by atoms with van der Waals surface area (Å²) in [5, 5.41) is 3.47. The van der Waals surface area contributed by atoms with E-state index in [0.29, 0.717) is 18.5 Å². The van der Waals surface area contributed by atoms with Gasteiger partial charge < -0.3 is 10.5 Å². The molecule has 1 aliphatic heterocycles. The fraction of sp³-hybridized carbons (Fsp3) is 0.929. The minimum atomic E-state index is -0.570. The largest absolute Gasteiger partial charge is 0.379 e. The highest BCUT2D eigenvalue weighted by Crippen LogP contribution is 2.40. The molecule has 3 N–H and O–H groups in total. The quantitative estimate of drug-likeness (QED) is 0.729. The molecule has 0 radical (unpaired) electrons. The molecule has 1 amide bonds. The second-order valence-corrected chi connectivity index (χ2v) is 6.30. The lowest BCUT2D eigenvalue weighted by atomic mass is 9.89. The number of carbonyl (C=O) groups is 1. The Balaban J connectivity index is 2.14. The van der Waals surface area contributed by atoms with Crippen LogP contribution in [-0.2, 0) is 9.53 Å². The first kappa shape index (κ1) is 14.8. The van der Waals surface area contributed by atoms with Crippen molar-refractivity contribution in [2.24, 2.45) is 11.7 Å². The summed E-state index contributed by atoms with van der Waals surface area (Å²) in [6, 6.07) is 0.602. The van der Waals surface area contributed by atoms with Crippen molar-refractivity contribution in [2.45, 2.75) is 51.2 Å². The van der Waals surface area contributed by atoms with E-state index in [1.54, 1.807) is 0 Å². The third kappa shape index (κ3) is 3.27. The van der Waals surface area contributed by atoms with Crippen LogP contribution in [0.2, 0.25) is 0 Å². The molecule has 110 valence electrons. The number of nitrogens with one attached hydrogen (secondary N) is 1. The zero-order chi connectivity index (χ0) is 14.0. The molecule has 5 heteroatoms. The molecular weight excluding hydrogens is 242 g/mol. The summed E-state index contributed by atoms with van der Waals surface area (Å²) in [5.74, 6) is 0.185. The third-order valence-electron chi connectivity index (χ3n) is 4.22. The van der Waals surface area contributed by atoms with Gasteiger partial charge in [-0.15, -0.1) is 0 Å². The van der Waals surface area contributed by atoms with Crippen LogP contribution in [-0.4, -0.2) is 54.7 Å². The van der Waals surface area contributed by atoms with Crippen molar-refractivity contribution < 1.29 is 9.53 Å². The summed E-state index contributed by atoms with van der Waals surface area (Å²) in [7, 11) is 0. The summed E-state index contributed by atoms with van der Waals surface area (Å²) in [6.07, 6.45) is 2.20. The zero-order valence-corrected chi connectivity index (χ0v) is 12.3. The number of amides is 1. The van der Waals surface area contributed by atoms with E-state index in [0.717, 1.165) is 32.6 Å². The lowest BCUT2D eigenvalue weighted by Gasteiger charge is -2.42. The number of rotatable bonds is 6. The molecular formula is C14H27N3O2. The Morgan fingerprint density at radius 3 is 2.68 bits per heavy atom. The van der Waals surface area contributed by atoms with E-state index >= 15 is 0 Å². The molecule has 2 atom stereocenters. The summed E-state index contributed by atoms with van der Waals surface area (Å²) in [5.41, 5.74) is 5.19. The predicted octanol–water partition coefficient (Wildman–Crippen LogP) is 0.339. The van der Waals surface area contributed by atoms with Gasteiger partial charge in [0, 0.05) is 25.2 Å². The number of ether oxygens (including phenoxy) is 1. The summed E-state index contributed by atoms with van der Waals surface area (Å²) < 4.78 is 5.47. The van der Waals surface area contributed by atoms with Crippen LogP contribution in [0.1, 0.15) is 33.6 Å². The molecule has 0 bridgehead atoms. The zero-order valence-electron chi connectivity index (χ0n) is 12.3. The van der Waals surface area contributed by atoms with Gasteiger partial charge in [-0.25, -0.2) is 0 Å². The molecule has 5 nitrogen and oxygen atoms in total. The molecule has 19 heavy (non-hydrogen) atoms. The Labute approximate surface area is 115 Å². The molecule has 2 fully saturated rings. The highest BCUT2D eigenvalue weighted by atomic mass is 16.5. The average Bonchev–Trinajstić information content (AvgIpc) is 3.14. The molecule has 1 saturated carbocycles. The van der Waals surface area contributed by atoms with E-state index in [1.807, 2.05) is 0 Å². The smallest absolute Gasteiger partial charge is 0.239 e. The number of nitrogens with two attached hydrogens (primary N) is 1. The van der Waals surface area contributed by atoms with Gasteiger partial charge in [-0.2, -0.15) is 0 Å². The van der Waals surface area contributed by atoms with Gasteiger partial charge in [-0.1, -0.05) is 0 Å². The number of carbonyl (C=O) groups excluding carboxylic acids is 1. The number of hydrogen-bond acceptors (Lipinski definition) is 4. The van der Waals surface area contributed by atoms with E-state index < -0.39 is 5.54 Å². The Bertz CT molecular complexity index is 331. The summed E-state index contributed by atoms with van der Waals surface area (Å²) in [4.78, 5) is 14.5. The van der Waals surface area contributed by atoms with Gasteiger partial charge in [0.25, 0.3) is 0 Å². The molecule has 1 aliphatic carbocycles. The van der Waals surface area contributed by atoms with Crippen molar-refractivity contribution in [1.82, 2.24) is 10.2 Å². The first-order chi connectivity index (χ1) is 8.95. The Kier molecular flexibility index (Phi) is 4.48. The van der Waals surface area contributed by atoms with Crippen LogP contribution in [0.3, 0.4) is 0 Å². The SMILES string of the molecule is CC(C)NC(CN1CCOCC1C)(C(N)=O)C1CC1. The van der Waals surface area contributed by atoms with E-state index in [-0.39, 0.29) is 11.9 Å². The van der Waals surface area contributed by atoms with Gasteiger partial charge in [0.05, 0.1) is 13.2 Å². The van der Waals surface area contributed by atoms with Gasteiger partial charge >= 0.3 is 0 Å². The molecule has 2 rings (SSSR count).